The maximum atomic E-state index is 10.6. The molecule has 1 aliphatic rings. The van der Waals surface area contributed by atoms with Gasteiger partial charge in [0, 0.05) is 5.41 Å². The van der Waals surface area contributed by atoms with Crippen LogP contribution in [0.4, 0.5) is 0 Å². The molecule has 0 aliphatic heterocycles. The van der Waals surface area contributed by atoms with E-state index in [4.69, 9.17) is 0 Å². The topological polar surface area (TPSA) is 40.5 Å². The minimum Gasteiger partial charge on any atom is -0.390 e. The van der Waals surface area contributed by atoms with E-state index < -0.39 is 12.2 Å². The van der Waals surface area contributed by atoms with Gasteiger partial charge in [0.15, 0.2) is 0 Å². The van der Waals surface area contributed by atoms with Crippen molar-refractivity contribution in [3.63, 3.8) is 0 Å². The van der Waals surface area contributed by atoms with Crippen LogP contribution in [0.2, 0.25) is 0 Å². The number of hydrogen-bond donors (Lipinski definition) is 2. The smallest absolute Gasteiger partial charge is 0.102 e. The molecule has 3 atom stereocenters. The summed E-state index contributed by atoms with van der Waals surface area (Å²) in [5.41, 5.74) is 0.322. The maximum absolute atomic E-state index is 10.6. The highest BCUT2D eigenvalue weighted by Gasteiger charge is 2.40. The molecule has 0 aromatic rings. The van der Waals surface area contributed by atoms with Gasteiger partial charge in [-0.15, -0.1) is 13.2 Å². The Morgan fingerprint density at radius 2 is 2.05 bits per heavy atom. The fraction of sp³-hybridized carbons (Fsp3) is 0.647. The Bertz CT molecular complexity index is 367. The highest BCUT2D eigenvalue weighted by atomic mass is 16.3. The van der Waals surface area contributed by atoms with Crippen LogP contribution in [0.1, 0.15) is 46.5 Å². The Kier molecular flexibility index (Phi) is 5.17. The summed E-state index contributed by atoms with van der Waals surface area (Å²) in [7, 11) is 0. The molecule has 1 rings (SSSR count). The zero-order valence-electron chi connectivity index (χ0n) is 12.5. The Balaban J connectivity index is 2.98. The summed E-state index contributed by atoms with van der Waals surface area (Å²) in [4.78, 5) is 0. The van der Waals surface area contributed by atoms with Gasteiger partial charge in [-0.25, -0.2) is 0 Å². The standard InChI is InChI=1S/C17H28O2/c1-6-11-16(3,4)15(19)14(18)13-10-8-9-12-17(13,5)7-2/h6-7,10,14-15,18-19H,1-2,8-9,11-12H2,3-5H3. The van der Waals surface area contributed by atoms with E-state index in [9.17, 15) is 10.2 Å². The quantitative estimate of drug-likeness (QED) is 0.719. The van der Waals surface area contributed by atoms with E-state index in [2.05, 4.69) is 26.2 Å². The van der Waals surface area contributed by atoms with Gasteiger partial charge >= 0.3 is 0 Å². The van der Waals surface area contributed by atoms with E-state index in [-0.39, 0.29) is 10.8 Å². The monoisotopic (exact) mass is 264 g/mol. The lowest BCUT2D eigenvalue weighted by Gasteiger charge is -2.41. The normalized spacial score (nSPS) is 27.3. The predicted octanol–water partition coefficient (Wildman–Crippen LogP) is 3.61. The van der Waals surface area contributed by atoms with Gasteiger partial charge in [0.25, 0.3) is 0 Å². The molecule has 0 aromatic heterocycles. The van der Waals surface area contributed by atoms with Gasteiger partial charge in [-0.1, -0.05) is 39.0 Å². The summed E-state index contributed by atoms with van der Waals surface area (Å²) in [6.07, 6.45) is 7.84. The average molecular weight is 264 g/mol. The first kappa shape index (κ1) is 16.2. The van der Waals surface area contributed by atoms with Crippen molar-refractivity contribution in [2.75, 3.05) is 0 Å². The zero-order chi connectivity index (χ0) is 14.7. The van der Waals surface area contributed by atoms with E-state index in [1.54, 1.807) is 6.08 Å². The predicted molar refractivity (Wildman–Crippen MR) is 80.8 cm³/mol. The van der Waals surface area contributed by atoms with Crippen molar-refractivity contribution in [2.24, 2.45) is 10.8 Å². The van der Waals surface area contributed by atoms with Gasteiger partial charge in [0.05, 0.1) is 6.10 Å². The fourth-order valence-corrected chi connectivity index (χ4v) is 2.87. The van der Waals surface area contributed by atoms with Crippen LogP contribution in [0.5, 0.6) is 0 Å². The van der Waals surface area contributed by atoms with Gasteiger partial charge in [-0.05, 0) is 36.7 Å². The van der Waals surface area contributed by atoms with Crippen LogP contribution in [0, 0.1) is 10.8 Å². The molecule has 0 amide bonds. The van der Waals surface area contributed by atoms with E-state index in [1.165, 1.54) is 0 Å². The van der Waals surface area contributed by atoms with Gasteiger partial charge < -0.3 is 10.2 Å². The SMILES string of the molecule is C=CCC(C)(C)C(O)C(O)C1=CCCCC1(C)C=C. The first-order chi connectivity index (χ1) is 8.78. The summed E-state index contributed by atoms with van der Waals surface area (Å²) in [6.45, 7) is 13.6. The summed E-state index contributed by atoms with van der Waals surface area (Å²) < 4.78 is 0. The van der Waals surface area contributed by atoms with Crippen molar-refractivity contribution in [1.82, 2.24) is 0 Å². The minimum absolute atomic E-state index is 0.205. The third kappa shape index (κ3) is 3.37. The molecule has 0 saturated heterocycles. The number of aliphatic hydroxyl groups excluding tert-OH is 2. The van der Waals surface area contributed by atoms with E-state index in [1.807, 2.05) is 19.9 Å². The molecule has 108 valence electrons. The van der Waals surface area contributed by atoms with E-state index in [0.717, 1.165) is 24.8 Å². The maximum Gasteiger partial charge on any atom is 0.102 e. The Morgan fingerprint density at radius 3 is 2.58 bits per heavy atom. The third-order valence-corrected chi connectivity index (χ3v) is 4.46. The molecule has 0 radical (unpaired) electrons. The molecule has 0 aromatic carbocycles. The molecule has 19 heavy (non-hydrogen) atoms. The van der Waals surface area contributed by atoms with E-state index in [0.29, 0.717) is 6.42 Å². The van der Waals surface area contributed by atoms with Crippen molar-refractivity contribution >= 4 is 0 Å². The minimum atomic E-state index is -0.835. The Labute approximate surface area is 117 Å². The van der Waals surface area contributed by atoms with Crippen LogP contribution in [0.25, 0.3) is 0 Å². The molecular weight excluding hydrogens is 236 g/mol. The average Bonchev–Trinajstić information content (AvgIpc) is 2.37. The lowest BCUT2D eigenvalue weighted by Crippen LogP contribution is -2.44. The second kappa shape index (κ2) is 6.06. The second-order valence-corrected chi connectivity index (χ2v) is 6.54. The van der Waals surface area contributed by atoms with Crippen LogP contribution in [0.15, 0.2) is 37.0 Å². The number of hydrogen-bond acceptors (Lipinski definition) is 2. The molecule has 2 N–H and O–H groups in total. The van der Waals surface area contributed by atoms with Crippen molar-refractivity contribution in [3.8, 4) is 0 Å². The molecule has 2 nitrogen and oxygen atoms in total. The first-order valence-corrected chi connectivity index (χ1v) is 7.09. The molecule has 0 spiro atoms. The third-order valence-electron chi connectivity index (χ3n) is 4.46. The summed E-state index contributed by atoms with van der Waals surface area (Å²) >= 11 is 0. The number of rotatable bonds is 6. The molecule has 0 bridgehead atoms. The van der Waals surface area contributed by atoms with Gasteiger partial charge in [-0.2, -0.15) is 0 Å². The lowest BCUT2D eigenvalue weighted by molar-refractivity contribution is -0.0404. The van der Waals surface area contributed by atoms with Crippen molar-refractivity contribution in [1.29, 1.82) is 0 Å². The second-order valence-electron chi connectivity index (χ2n) is 6.54. The first-order valence-electron chi connectivity index (χ1n) is 7.09. The number of aliphatic hydroxyl groups is 2. The zero-order valence-corrected chi connectivity index (χ0v) is 12.5. The van der Waals surface area contributed by atoms with Crippen molar-refractivity contribution in [2.45, 2.75) is 58.7 Å². The summed E-state index contributed by atoms with van der Waals surface area (Å²) in [5, 5.41) is 21.1. The van der Waals surface area contributed by atoms with Gasteiger partial charge in [0.2, 0.25) is 0 Å². The van der Waals surface area contributed by atoms with Crippen LogP contribution >= 0.6 is 0 Å². The van der Waals surface area contributed by atoms with Crippen LogP contribution in [0.3, 0.4) is 0 Å². The molecule has 1 aliphatic carbocycles. The van der Waals surface area contributed by atoms with E-state index >= 15 is 0 Å². The largest absolute Gasteiger partial charge is 0.390 e. The van der Waals surface area contributed by atoms with Crippen LogP contribution < -0.4 is 0 Å². The van der Waals surface area contributed by atoms with Gasteiger partial charge in [-0.3, -0.25) is 0 Å². The lowest BCUT2D eigenvalue weighted by atomic mass is 9.68. The van der Waals surface area contributed by atoms with Crippen LogP contribution in [-0.4, -0.2) is 22.4 Å². The Hall–Kier alpha value is -0.860. The highest BCUT2D eigenvalue weighted by Crippen LogP contribution is 2.42. The summed E-state index contributed by atoms with van der Waals surface area (Å²) in [5.74, 6) is 0. The van der Waals surface area contributed by atoms with Gasteiger partial charge in [0.1, 0.15) is 6.10 Å². The summed E-state index contributed by atoms with van der Waals surface area (Å²) in [6, 6.07) is 0. The van der Waals surface area contributed by atoms with Crippen molar-refractivity contribution < 1.29 is 10.2 Å². The van der Waals surface area contributed by atoms with Crippen LogP contribution in [-0.2, 0) is 0 Å². The molecular formula is C17H28O2. The van der Waals surface area contributed by atoms with Crippen molar-refractivity contribution in [3.05, 3.63) is 37.0 Å². The highest BCUT2D eigenvalue weighted by molar-refractivity contribution is 5.27. The molecule has 0 saturated carbocycles. The number of allylic oxidation sites excluding steroid dienone is 3. The molecule has 3 unspecified atom stereocenters. The molecule has 0 heterocycles. The molecule has 2 heteroatoms. The fourth-order valence-electron chi connectivity index (χ4n) is 2.87. The Morgan fingerprint density at radius 1 is 1.42 bits per heavy atom. The molecule has 0 fully saturated rings.